The van der Waals surface area contributed by atoms with Crippen molar-refractivity contribution < 1.29 is 19.1 Å². The van der Waals surface area contributed by atoms with Crippen molar-refractivity contribution in [2.45, 2.75) is 77.4 Å². The van der Waals surface area contributed by atoms with Crippen LogP contribution in [0.3, 0.4) is 0 Å². The summed E-state index contributed by atoms with van der Waals surface area (Å²) in [5.74, 6) is -1.16. The molecule has 2 aromatic rings. The molecule has 0 radical (unpaired) electrons. The molecule has 176 valence electrons. The van der Waals surface area contributed by atoms with E-state index in [1.54, 1.807) is 18.7 Å². The minimum atomic E-state index is -1.20. The summed E-state index contributed by atoms with van der Waals surface area (Å²) < 4.78 is 6.52. The molecular formula is C25H32N4O4. The maximum atomic E-state index is 13.7. The maximum absolute atomic E-state index is 13.7. The van der Waals surface area contributed by atoms with Crippen molar-refractivity contribution in [3.05, 3.63) is 47.3 Å². The van der Waals surface area contributed by atoms with Crippen molar-refractivity contribution in [2.24, 2.45) is 0 Å². The highest BCUT2D eigenvalue weighted by atomic mass is 16.5. The normalized spacial score (nSPS) is 21.3. The molecule has 2 heterocycles. The fourth-order valence-corrected chi connectivity index (χ4v) is 4.75. The number of nitrogens with one attached hydrogen (secondary N) is 1. The van der Waals surface area contributed by atoms with Crippen LogP contribution in [0.2, 0.25) is 0 Å². The number of aryl methyl sites for hydroxylation is 1. The van der Waals surface area contributed by atoms with E-state index in [2.05, 4.69) is 10.4 Å². The molecule has 0 bridgehead atoms. The predicted molar refractivity (Wildman–Crippen MR) is 124 cm³/mol. The lowest BCUT2D eigenvalue weighted by Gasteiger charge is -2.43. The van der Waals surface area contributed by atoms with Gasteiger partial charge in [-0.05, 0) is 45.7 Å². The second kappa shape index (κ2) is 9.37. The van der Waals surface area contributed by atoms with Crippen LogP contribution in [0.5, 0.6) is 0 Å². The number of aromatic nitrogens is 2. The van der Waals surface area contributed by atoms with Gasteiger partial charge in [0.15, 0.2) is 5.69 Å². The van der Waals surface area contributed by atoms with Gasteiger partial charge in [-0.15, -0.1) is 0 Å². The SMILES string of the molecule is CCOC(=O)c1cc2n(n1)C[C@@](C)(C(=O)NC1CCCCCC1)N(c1ccc(C)cc1)C2=O. The second-order valence-corrected chi connectivity index (χ2v) is 9.20. The second-order valence-electron chi connectivity index (χ2n) is 9.20. The highest BCUT2D eigenvalue weighted by molar-refractivity contribution is 6.12. The first-order chi connectivity index (χ1) is 15.8. The topological polar surface area (TPSA) is 93.5 Å². The van der Waals surface area contributed by atoms with Crippen molar-refractivity contribution in [3.8, 4) is 0 Å². The van der Waals surface area contributed by atoms with Gasteiger partial charge in [0.2, 0.25) is 5.91 Å². The van der Waals surface area contributed by atoms with Gasteiger partial charge in [-0.1, -0.05) is 43.4 Å². The minimum absolute atomic E-state index is 0.0671. The van der Waals surface area contributed by atoms with Crippen molar-refractivity contribution in [2.75, 3.05) is 11.5 Å². The molecule has 4 rings (SSSR count). The summed E-state index contributed by atoms with van der Waals surface area (Å²) in [4.78, 5) is 41.2. The van der Waals surface area contributed by atoms with E-state index in [1.165, 1.54) is 23.6 Å². The van der Waals surface area contributed by atoms with Gasteiger partial charge in [0.25, 0.3) is 5.91 Å². The van der Waals surface area contributed by atoms with Gasteiger partial charge in [-0.2, -0.15) is 5.10 Å². The van der Waals surface area contributed by atoms with Crippen LogP contribution in [0.1, 0.15) is 78.9 Å². The van der Waals surface area contributed by atoms with E-state index in [9.17, 15) is 14.4 Å². The number of carbonyl (C=O) groups excluding carboxylic acids is 3. The Morgan fingerprint density at radius 2 is 1.82 bits per heavy atom. The number of hydrogen-bond donors (Lipinski definition) is 1. The number of ether oxygens (including phenoxy) is 1. The average Bonchev–Trinajstić information content (AvgIpc) is 3.04. The van der Waals surface area contributed by atoms with Crippen molar-refractivity contribution in [3.63, 3.8) is 0 Å². The maximum Gasteiger partial charge on any atom is 0.358 e. The summed E-state index contributed by atoms with van der Waals surface area (Å²) in [5, 5.41) is 7.53. The largest absolute Gasteiger partial charge is 0.461 e. The summed E-state index contributed by atoms with van der Waals surface area (Å²) in [6.45, 7) is 5.81. The zero-order valence-electron chi connectivity index (χ0n) is 19.6. The van der Waals surface area contributed by atoms with Gasteiger partial charge in [-0.25, -0.2) is 4.79 Å². The van der Waals surface area contributed by atoms with Crippen LogP contribution in [-0.2, 0) is 16.1 Å². The van der Waals surface area contributed by atoms with Gasteiger partial charge in [0.05, 0.1) is 13.2 Å². The lowest BCUT2D eigenvalue weighted by atomic mass is 9.93. The van der Waals surface area contributed by atoms with Gasteiger partial charge in [0, 0.05) is 17.8 Å². The molecule has 8 nitrogen and oxygen atoms in total. The fraction of sp³-hybridized carbons (Fsp3) is 0.520. The molecule has 0 spiro atoms. The lowest BCUT2D eigenvalue weighted by molar-refractivity contribution is -0.127. The molecule has 8 heteroatoms. The van der Waals surface area contributed by atoms with Crippen molar-refractivity contribution in [1.29, 1.82) is 0 Å². The molecule has 1 aliphatic carbocycles. The van der Waals surface area contributed by atoms with E-state index in [0.29, 0.717) is 5.69 Å². The molecule has 1 aliphatic heterocycles. The number of fused-ring (bicyclic) bond motifs is 1. The molecule has 0 saturated heterocycles. The lowest BCUT2D eigenvalue weighted by Crippen LogP contribution is -2.65. The molecule has 1 fully saturated rings. The predicted octanol–water partition coefficient (Wildman–Crippen LogP) is 3.63. The highest BCUT2D eigenvalue weighted by Gasteiger charge is 2.49. The zero-order valence-corrected chi connectivity index (χ0v) is 19.6. The Balaban J connectivity index is 1.72. The smallest absolute Gasteiger partial charge is 0.358 e. The number of anilines is 1. The highest BCUT2D eigenvalue weighted by Crippen LogP contribution is 2.33. The molecular weight excluding hydrogens is 420 g/mol. The van der Waals surface area contributed by atoms with E-state index in [-0.39, 0.29) is 42.4 Å². The molecule has 1 N–H and O–H groups in total. The number of benzene rings is 1. The number of amides is 2. The number of carbonyl (C=O) groups is 3. The first-order valence-corrected chi connectivity index (χ1v) is 11.8. The third kappa shape index (κ3) is 4.51. The molecule has 2 amide bonds. The monoisotopic (exact) mass is 452 g/mol. The summed E-state index contributed by atoms with van der Waals surface area (Å²) >= 11 is 0. The Morgan fingerprint density at radius 1 is 1.15 bits per heavy atom. The van der Waals surface area contributed by atoms with Crippen molar-refractivity contribution >= 4 is 23.5 Å². The van der Waals surface area contributed by atoms with Crippen LogP contribution >= 0.6 is 0 Å². The van der Waals surface area contributed by atoms with E-state index in [1.807, 2.05) is 31.2 Å². The minimum Gasteiger partial charge on any atom is -0.461 e. The molecule has 33 heavy (non-hydrogen) atoms. The van der Waals surface area contributed by atoms with Crippen molar-refractivity contribution in [1.82, 2.24) is 15.1 Å². The van der Waals surface area contributed by atoms with Crippen LogP contribution in [0.15, 0.2) is 30.3 Å². The Morgan fingerprint density at radius 3 is 2.45 bits per heavy atom. The van der Waals surface area contributed by atoms with Gasteiger partial charge < -0.3 is 10.1 Å². The Bertz CT molecular complexity index is 1040. The molecule has 1 aromatic carbocycles. The number of nitrogens with zero attached hydrogens (tertiary/aromatic N) is 3. The molecule has 1 saturated carbocycles. The number of esters is 1. The van der Waals surface area contributed by atoms with Crippen LogP contribution in [0.25, 0.3) is 0 Å². The first-order valence-electron chi connectivity index (χ1n) is 11.8. The Hall–Kier alpha value is -3.16. The molecule has 2 aliphatic rings. The third-order valence-corrected chi connectivity index (χ3v) is 6.61. The molecule has 0 unspecified atom stereocenters. The van der Waals surface area contributed by atoms with Crippen LogP contribution in [0.4, 0.5) is 5.69 Å². The summed E-state index contributed by atoms with van der Waals surface area (Å²) in [6.07, 6.45) is 6.44. The van der Waals surface area contributed by atoms with Crippen LogP contribution in [-0.4, -0.2) is 45.8 Å². The van der Waals surface area contributed by atoms with Crippen LogP contribution < -0.4 is 10.2 Å². The summed E-state index contributed by atoms with van der Waals surface area (Å²) in [6, 6.07) is 9.08. The molecule has 1 atom stereocenters. The van der Waals surface area contributed by atoms with Gasteiger partial charge >= 0.3 is 5.97 Å². The van der Waals surface area contributed by atoms with E-state index in [0.717, 1.165) is 31.2 Å². The number of rotatable bonds is 5. The average molecular weight is 453 g/mol. The Kier molecular flexibility index (Phi) is 6.54. The van der Waals surface area contributed by atoms with Gasteiger partial charge in [0.1, 0.15) is 11.2 Å². The quantitative estimate of drug-likeness (QED) is 0.552. The summed E-state index contributed by atoms with van der Waals surface area (Å²) in [7, 11) is 0. The fourth-order valence-electron chi connectivity index (χ4n) is 4.75. The standard InChI is InChI=1S/C25H32N4O4/c1-4-33-23(31)20-15-21-22(30)29(19-13-11-17(2)12-14-19)25(3,16-28(21)27-20)24(32)26-18-9-7-5-6-8-10-18/h11-15,18H,4-10,16H2,1-3H3,(H,26,32)/t25-/m0/s1. The van der Waals surface area contributed by atoms with E-state index >= 15 is 0 Å². The summed E-state index contributed by atoms with van der Waals surface area (Å²) in [5.41, 5.74) is 0.816. The zero-order chi connectivity index (χ0) is 23.6. The third-order valence-electron chi connectivity index (χ3n) is 6.61. The Labute approximate surface area is 194 Å². The first kappa shape index (κ1) is 23.0. The number of hydrogen-bond acceptors (Lipinski definition) is 5. The van der Waals surface area contributed by atoms with Crippen LogP contribution in [0, 0.1) is 6.92 Å². The van der Waals surface area contributed by atoms with Gasteiger partial charge in [-0.3, -0.25) is 19.2 Å². The van der Waals surface area contributed by atoms with E-state index < -0.39 is 11.5 Å². The molecule has 1 aromatic heterocycles. The van der Waals surface area contributed by atoms with E-state index in [4.69, 9.17) is 4.74 Å².